The smallest absolute Gasteiger partial charge is 0.310 e. The Kier molecular flexibility index (Phi) is 2.99. The summed E-state index contributed by atoms with van der Waals surface area (Å²) in [5.41, 5.74) is -0.569. The first-order valence-corrected chi connectivity index (χ1v) is 7.73. The van der Waals surface area contributed by atoms with Gasteiger partial charge in [-0.15, -0.1) is 0 Å². The predicted molar refractivity (Wildman–Crippen MR) is 70.9 cm³/mol. The topological polar surface area (TPSA) is 114 Å². The SMILES string of the molecule is CC1(C(=O)O)CCN(S(=O)(=O)c2cccc3nonc23)C1. The molecule has 0 aliphatic carbocycles. The van der Waals surface area contributed by atoms with Gasteiger partial charge in [-0.2, -0.15) is 4.31 Å². The van der Waals surface area contributed by atoms with Gasteiger partial charge >= 0.3 is 5.97 Å². The van der Waals surface area contributed by atoms with Crippen LogP contribution >= 0.6 is 0 Å². The molecule has 0 saturated carbocycles. The van der Waals surface area contributed by atoms with Gasteiger partial charge in [0.25, 0.3) is 0 Å². The van der Waals surface area contributed by atoms with E-state index in [9.17, 15) is 18.3 Å². The van der Waals surface area contributed by atoms with Gasteiger partial charge in [-0.25, -0.2) is 13.0 Å². The Morgan fingerprint density at radius 1 is 1.43 bits per heavy atom. The molecular weight excluding hydrogens is 298 g/mol. The second-order valence-corrected chi connectivity index (χ2v) is 7.25. The average Bonchev–Trinajstić information content (AvgIpc) is 3.05. The zero-order valence-electron chi connectivity index (χ0n) is 11.2. The highest BCUT2D eigenvalue weighted by molar-refractivity contribution is 7.89. The van der Waals surface area contributed by atoms with Gasteiger partial charge in [-0.1, -0.05) is 6.07 Å². The molecule has 3 rings (SSSR count). The van der Waals surface area contributed by atoms with Crippen molar-refractivity contribution < 1.29 is 22.9 Å². The molecule has 1 aromatic heterocycles. The molecule has 2 heterocycles. The van der Waals surface area contributed by atoms with Gasteiger partial charge in [0.15, 0.2) is 5.52 Å². The predicted octanol–water partition coefficient (Wildman–Crippen LogP) is 0.708. The number of hydrogen-bond donors (Lipinski definition) is 1. The number of rotatable bonds is 3. The summed E-state index contributed by atoms with van der Waals surface area (Å²) in [5.74, 6) is -0.999. The maximum atomic E-state index is 12.7. The lowest BCUT2D eigenvalue weighted by Crippen LogP contribution is -2.35. The maximum absolute atomic E-state index is 12.7. The number of aromatic nitrogens is 2. The Bertz CT molecular complexity index is 815. The molecule has 1 unspecified atom stereocenters. The van der Waals surface area contributed by atoms with Crippen LogP contribution in [0.15, 0.2) is 27.7 Å². The van der Waals surface area contributed by atoms with E-state index < -0.39 is 21.4 Å². The summed E-state index contributed by atoms with van der Waals surface area (Å²) in [6.45, 7) is 1.64. The minimum absolute atomic E-state index is 0.0177. The zero-order valence-corrected chi connectivity index (χ0v) is 12.0. The maximum Gasteiger partial charge on any atom is 0.310 e. The standard InChI is InChI=1S/C12H13N3O5S/c1-12(11(16)17)5-6-15(7-12)21(18,19)9-4-2-3-8-10(9)14-20-13-8/h2-4H,5-7H2,1H3,(H,16,17). The molecule has 21 heavy (non-hydrogen) atoms. The highest BCUT2D eigenvalue weighted by atomic mass is 32.2. The van der Waals surface area contributed by atoms with E-state index in [4.69, 9.17) is 0 Å². The van der Waals surface area contributed by atoms with Crippen LogP contribution < -0.4 is 0 Å². The number of hydrogen-bond acceptors (Lipinski definition) is 6. The van der Waals surface area contributed by atoms with Crippen molar-refractivity contribution in [3.63, 3.8) is 0 Å². The first kappa shape index (κ1) is 14.0. The van der Waals surface area contributed by atoms with Gasteiger partial charge in [0, 0.05) is 13.1 Å². The monoisotopic (exact) mass is 311 g/mol. The van der Waals surface area contributed by atoms with E-state index in [-0.39, 0.29) is 29.9 Å². The number of fused-ring (bicyclic) bond motifs is 1. The number of nitrogens with zero attached hydrogens (tertiary/aromatic N) is 3. The van der Waals surface area contributed by atoms with Gasteiger partial charge in [-0.3, -0.25) is 4.79 Å². The van der Waals surface area contributed by atoms with Crippen molar-refractivity contribution in [2.75, 3.05) is 13.1 Å². The number of benzene rings is 1. The van der Waals surface area contributed by atoms with Crippen molar-refractivity contribution in [1.82, 2.24) is 14.6 Å². The highest BCUT2D eigenvalue weighted by Gasteiger charge is 2.45. The third-order valence-electron chi connectivity index (χ3n) is 3.82. The third-order valence-corrected chi connectivity index (χ3v) is 5.70. The fourth-order valence-electron chi connectivity index (χ4n) is 2.43. The van der Waals surface area contributed by atoms with Crippen molar-refractivity contribution >= 4 is 27.0 Å². The number of sulfonamides is 1. The molecule has 9 heteroatoms. The molecule has 0 spiro atoms. The van der Waals surface area contributed by atoms with E-state index in [0.717, 1.165) is 0 Å². The minimum atomic E-state index is -3.83. The fraction of sp³-hybridized carbons (Fsp3) is 0.417. The van der Waals surface area contributed by atoms with Crippen molar-refractivity contribution in [2.45, 2.75) is 18.2 Å². The molecule has 0 bridgehead atoms. The van der Waals surface area contributed by atoms with Crippen LogP contribution in [0.1, 0.15) is 13.3 Å². The van der Waals surface area contributed by atoms with Gasteiger partial charge in [-0.05, 0) is 35.8 Å². The number of carbonyl (C=O) groups is 1. The van der Waals surface area contributed by atoms with Gasteiger partial charge in [0.1, 0.15) is 10.4 Å². The molecule has 0 amide bonds. The molecule has 1 aliphatic rings. The Labute approximate surface area is 120 Å². The van der Waals surface area contributed by atoms with Crippen LogP contribution in [0, 0.1) is 5.41 Å². The lowest BCUT2D eigenvalue weighted by Gasteiger charge is -2.20. The van der Waals surface area contributed by atoms with Crippen LogP contribution in [0.5, 0.6) is 0 Å². The Balaban J connectivity index is 2.03. The summed E-state index contributed by atoms with van der Waals surface area (Å²) in [7, 11) is -3.83. The molecular formula is C12H13N3O5S. The molecule has 1 aliphatic heterocycles. The molecule has 1 aromatic carbocycles. The molecule has 2 aromatic rings. The van der Waals surface area contributed by atoms with E-state index in [1.807, 2.05) is 0 Å². The van der Waals surface area contributed by atoms with Crippen LogP contribution in [-0.2, 0) is 14.8 Å². The van der Waals surface area contributed by atoms with Crippen LogP contribution in [0.3, 0.4) is 0 Å². The Morgan fingerprint density at radius 3 is 2.86 bits per heavy atom. The van der Waals surface area contributed by atoms with Crippen LogP contribution in [-0.4, -0.2) is 47.2 Å². The summed E-state index contributed by atoms with van der Waals surface area (Å²) in [5, 5.41) is 16.4. The highest BCUT2D eigenvalue weighted by Crippen LogP contribution is 2.34. The van der Waals surface area contributed by atoms with E-state index in [1.165, 1.54) is 10.4 Å². The number of aliphatic carboxylic acids is 1. The van der Waals surface area contributed by atoms with Crippen molar-refractivity contribution in [2.24, 2.45) is 5.41 Å². The van der Waals surface area contributed by atoms with E-state index >= 15 is 0 Å². The number of carboxylic acids is 1. The van der Waals surface area contributed by atoms with E-state index in [0.29, 0.717) is 5.52 Å². The third kappa shape index (κ3) is 2.09. The van der Waals surface area contributed by atoms with Crippen molar-refractivity contribution in [3.05, 3.63) is 18.2 Å². The Hall–Kier alpha value is -2.00. The lowest BCUT2D eigenvalue weighted by atomic mass is 9.90. The molecule has 1 N–H and O–H groups in total. The lowest BCUT2D eigenvalue weighted by molar-refractivity contribution is -0.146. The largest absolute Gasteiger partial charge is 0.481 e. The van der Waals surface area contributed by atoms with Crippen LogP contribution in [0.4, 0.5) is 0 Å². The first-order valence-electron chi connectivity index (χ1n) is 6.29. The molecule has 1 saturated heterocycles. The average molecular weight is 311 g/mol. The van der Waals surface area contributed by atoms with Crippen LogP contribution in [0.25, 0.3) is 11.0 Å². The van der Waals surface area contributed by atoms with Gasteiger partial charge in [0.2, 0.25) is 10.0 Å². The fourth-order valence-corrected chi connectivity index (χ4v) is 4.13. The summed E-state index contributed by atoms with van der Waals surface area (Å²) >= 11 is 0. The van der Waals surface area contributed by atoms with Gasteiger partial charge in [0.05, 0.1) is 5.41 Å². The van der Waals surface area contributed by atoms with Crippen molar-refractivity contribution in [1.29, 1.82) is 0 Å². The first-order chi connectivity index (χ1) is 9.84. The van der Waals surface area contributed by atoms with E-state index in [2.05, 4.69) is 14.9 Å². The zero-order chi connectivity index (χ0) is 15.3. The van der Waals surface area contributed by atoms with Crippen LogP contribution in [0.2, 0.25) is 0 Å². The molecule has 8 nitrogen and oxygen atoms in total. The summed E-state index contributed by atoms with van der Waals surface area (Å²) in [6.07, 6.45) is 0.272. The van der Waals surface area contributed by atoms with Crippen molar-refractivity contribution in [3.8, 4) is 0 Å². The summed E-state index contributed by atoms with van der Waals surface area (Å²) < 4.78 is 31.1. The summed E-state index contributed by atoms with van der Waals surface area (Å²) in [4.78, 5) is 11.2. The quantitative estimate of drug-likeness (QED) is 0.887. The molecule has 112 valence electrons. The molecule has 1 fully saturated rings. The minimum Gasteiger partial charge on any atom is -0.481 e. The molecule has 1 atom stereocenters. The van der Waals surface area contributed by atoms with E-state index in [1.54, 1.807) is 19.1 Å². The summed E-state index contributed by atoms with van der Waals surface area (Å²) in [6, 6.07) is 4.56. The van der Waals surface area contributed by atoms with Gasteiger partial charge < -0.3 is 5.11 Å². The second kappa shape index (κ2) is 4.50. The Morgan fingerprint density at radius 2 is 2.19 bits per heavy atom. The second-order valence-electron chi connectivity index (χ2n) is 5.34. The number of carboxylic acid groups (broad SMARTS) is 1. The molecule has 0 radical (unpaired) electrons. The normalized spacial score (nSPS) is 23.7.